The van der Waals surface area contributed by atoms with Gasteiger partial charge in [-0.05, 0) is 31.2 Å². The van der Waals surface area contributed by atoms with E-state index in [0.29, 0.717) is 38.9 Å². The van der Waals surface area contributed by atoms with E-state index in [9.17, 15) is 14.4 Å². The van der Waals surface area contributed by atoms with E-state index in [-0.39, 0.29) is 24.3 Å². The third kappa shape index (κ3) is 3.59. The average Bonchev–Trinajstić information content (AvgIpc) is 2.69. The van der Waals surface area contributed by atoms with Crippen molar-refractivity contribution in [2.75, 3.05) is 33.3 Å². The molecule has 2 aliphatic heterocycles. The number of esters is 1. The average molecular weight is 358 g/mol. The van der Waals surface area contributed by atoms with Gasteiger partial charge in [0.1, 0.15) is 0 Å². The Kier molecular flexibility index (Phi) is 5.59. The quantitative estimate of drug-likeness (QED) is 0.769. The summed E-state index contributed by atoms with van der Waals surface area (Å²) in [5, 5.41) is 0. The summed E-state index contributed by atoms with van der Waals surface area (Å²) in [6.45, 7) is 1.79. The molecule has 140 valence electrons. The first-order chi connectivity index (χ1) is 12.6. The Morgan fingerprint density at radius 1 is 1.08 bits per heavy atom. The molecule has 2 amide bonds. The van der Waals surface area contributed by atoms with Crippen LogP contribution in [0.15, 0.2) is 30.3 Å². The van der Waals surface area contributed by atoms with E-state index in [2.05, 4.69) is 0 Å². The first kappa shape index (κ1) is 18.4. The monoisotopic (exact) mass is 358 g/mol. The van der Waals surface area contributed by atoms with E-state index in [0.717, 1.165) is 18.4 Å². The second-order valence-electron chi connectivity index (χ2n) is 7.09. The fraction of sp³-hybridized carbons (Fsp3) is 0.550. The number of carbonyl (C=O) groups excluding carboxylic acids is 3. The van der Waals surface area contributed by atoms with Gasteiger partial charge in [0.15, 0.2) is 0 Å². The highest BCUT2D eigenvalue weighted by Crippen LogP contribution is 2.36. The van der Waals surface area contributed by atoms with Gasteiger partial charge in [-0.3, -0.25) is 14.4 Å². The molecule has 2 saturated heterocycles. The van der Waals surface area contributed by atoms with E-state index >= 15 is 0 Å². The predicted molar refractivity (Wildman–Crippen MR) is 96.4 cm³/mol. The lowest BCUT2D eigenvalue weighted by Crippen LogP contribution is -2.52. The molecule has 0 spiro atoms. The highest BCUT2D eigenvalue weighted by Gasteiger charge is 2.44. The minimum atomic E-state index is -0.701. The number of carbonyl (C=O) groups is 3. The maximum Gasteiger partial charge on any atom is 0.316 e. The summed E-state index contributed by atoms with van der Waals surface area (Å²) in [4.78, 5) is 40.5. The third-order valence-corrected chi connectivity index (χ3v) is 5.62. The Bertz CT molecular complexity index is 666. The topological polar surface area (TPSA) is 66.9 Å². The molecule has 2 heterocycles. The van der Waals surface area contributed by atoms with Crippen molar-refractivity contribution in [2.24, 2.45) is 0 Å². The first-order valence-corrected chi connectivity index (χ1v) is 9.26. The van der Waals surface area contributed by atoms with Gasteiger partial charge in [0.2, 0.25) is 11.8 Å². The molecule has 6 heteroatoms. The van der Waals surface area contributed by atoms with Crippen molar-refractivity contribution in [1.82, 2.24) is 9.80 Å². The molecule has 3 rings (SSSR count). The zero-order chi connectivity index (χ0) is 18.6. The lowest BCUT2D eigenvalue weighted by molar-refractivity contribution is -0.152. The zero-order valence-corrected chi connectivity index (χ0v) is 15.3. The summed E-state index contributed by atoms with van der Waals surface area (Å²) in [6, 6.07) is 9.64. The van der Waals surface area contributed by atoms with Gasteiger partial charge in [-0.15, -0.1) is 0 Å². The van der Waals surface area contributed by atoms with Crippen molar-refractivity contribution in [3.63, 3.8) is 0 Å². The molecule has 0 atom stereocenters. The Hall–Kier alpha value is -2.37. The van der Waals surface area contributed by atoms with Crippen LogP contribution in [0.1, 0.15) is 37.7 Å². The zero-order valence-electron chi connectivity index (χ0n) is 15.3. The lowest BCUT2D eigenvalue weighted by Gasteiger charge is -2.40. The van der Waals surface area contributed by atoms with Crippen molar-refractivity contribution < 1.29 is 19.1 Å². The van der Waals surface area contributed by atoms with Crippen molar-refractivity contribution in [3.8, 4) is 0 Å². The molecule has 0 aliphatic carbocycles. The van der Waals surface area contributed by atoms with E-state index in [4.69, 9.17) is 4.74 Å². The molecule has 0 saturated carbocycles. The number of hydrogen-bond donors (Lipinski definition) is 0. The van der Waals surface area contributed by atoms with Crippen LogP contribution in [0.2, 0.25) is 0 Å². The summed E-state index contributed by atoms with van der Waals surface area (Å²) < 4.78 is 5.08. The smallest absolute Gasteiger partial charge is 0.316 e. The number of piperidine rings is 2. The second kappa shape index (κ2) is 7.89. The molecule has 0 radical (unpaired) electrons. The lowest BCUT2D eigenvalue weighted by atomic mass is 9.72. The third-order valence-electron chi connectivity index (χ3n) is 5.62. The highest BCUT2D eigenvalue weighted by molar-refractivity contribution is 5.86. The SMILES string of the molecule is COC(=O)C1(c2ccccc2)CCN(C(=O)CN2CCCCC2=O)CC1. The van der Waals surface area contributed by atoms with E-state index in [1.807, 2.05) is 30.3 Å². The van der Waals surface area contributed by atoms with Crippen molar-refractivity contribution in [2.45, 2.75) is 37.5 Å². The largest absolute Gasteiger partial charge is 0.468 e. The maximum absolute atomic E-state index is 12.6. The van der Waals surface area contributed by atoms with Crippen LogP contribution in [0.4, 0.5) is 0 Å². The molecule has 6 nitrogen and oxygen atoms in total. The molecule has 2 aliphatic rings. The minimum absolute atomic E-state index is 0.0354. The van der Waals surface area contributed by atoms with E-state index in [1.165, 1.54) is 7.11 Å². The summed E-state index contributed by atoms with van der Waals surface area (Å²) in [6.07, 6.45) is 3.46. The van der Waals surface area contributed by atoms with Gasteiger partial charge in [0, 0.05) is 26.1 Å². The van der Waals surface area contributed by atoms with Gasteiger partial charge in [-0.2, -0.15) is 0 Å². The molecule has 0 N–H and O–H groups in total. The first-order valence-electron chi connectivity index (χ1n) is 9.26. The van der Waals surface area contributed by atoms with Crippen molar-refractivity contribution in [1.29, 1.82) is 0 Å². The van der Waals surface area contributed by atoms with Crippen molar-refractivity contribution >= 4 is 17.8 Å². The molecule has 0 aromatic heterocycles. The molecular formula is C20H26N2O4. The van der Waals surface area contributed by atoms with Crippen LogP contribution in [0.5, 0.6) is 0 Å². The fourth-order valence-electron chi connectivity index (χ4n) is 3.99. The molecule has 26 heavy (non-hydrogen) atoms. The molecular weight excluding hydrogens is 332 g/mol. The van der Waals surface area contributed by atoms with Gasteiger partial charge in [0.25, 0.3) is 0 Å². The van der Waals surface area contributed by atoms with Crippen LogP contribution in [-0.2, 0) is 24.5 Å². The number of nitrogens with zero attached hydrogens (tertiary/aromatic N) is 2. The van der Waals surface area contributed by atoms with Crippen LogP contribution in [-0.4, -0.2) is 60.9 Å². The van der Waals surface area contributed by atoms with Crippen LogP contribution >= 0.6 is 0 Å². The number of methoxy groups -OCH3 is 1. The van der Waals surface area contributed by atoms with Crippen LogP contribution in [0.3, 0.4) is 0 Å². The number of ether oxygens (including phenoxy) is 1. The van der Waals surface area contributed by atoms with Crippen LogP contribution < -0.4 is 0 Å². The predicted octanol–water partition coefficient (Wildman–Crippen LogP) is 1.73. The van der Waals surface area contributed by atoms with Crippen LogP contribution in [0, 0.1) is 0 Å². The summed E-state index contributed by atoms with van der Waals surface area (Å²) in [5.74, 6) is -0.219. The molecule has 0 bridgehead atoms. The number of benzene rings is 1. The summed E-state index contributed by atoms with van der Waals surface area (Å²) in [5.41, 5.74) is 0.235. The second-order valence-corrected chi connectivity index (χ2v) is 7.09. The number of rotatable bonds is 4. The number of amides is 2. The summed E-state index contributed by atoms with van der Waals surface area (Å²) in [7, 11) is 1.41. The van der Waals surface area contributed by atoms with Gasteiger partial charge in [0.05, 0.1) is 19.1 Å². The van der Waals surface area contributed by atoms with Crippen LogP contribution in [0.25, 0.3) is 0 Å². The van der Waals surface area contributed by atoms with Gasteiger partial charge in [-0.25, -0.2) is 0 Å². The highest BCUT2D eigenvalue weighted by atomic mass is 16.5. The Morgan fingerprint density at radius 2 is 1.77 bits per heavy atom. The normalized spacial score (nSPS) is 20.0. The molecule has 1 aromatic carbocycles. The molecule has 2 fully saturated rings. The Labute approximate surface area is 154 Å². The van der Waals surface area contributed by atoms with Gasteiger partial charge >= 0.3 is 5.97 Å². The number of hydrogen-bond acceptors (Lipinski definition) is 4. The molecule has 0 unspecified atom stereocenters. The van der Waals surface area contributed by atoms with Gasteiger partial charge < -0.3 is 14.5 Å². The Morgan fingerprint density at radius 3 is 2.38 bits per heavy atom. The van der Waals surface area contributed by atoms with Gasteiger partial charge in [-0.1, -0.05) is 30.3 Å². The summed E-state index contributed by atoms with van der Waals surface area (Å²) >= 11 is 0. The van der Waals surface area contributed by atoms with E-state index < -0.39 is 5.41 Å². The van der Waals surface area contributed by atoms with Crippen molar-refractivity contribution in [3.05, 3.63) is 35.9 Å². The Balaban J connectivity index is 1.67. The fourth-order valence-corrected chi connectivity index (χ4v) is 3.99. The standard InChI is InChI=1S/C20H26N2O4/c1-26-19(25)20(16-7-3-2-4-8-16)10-13-21(14-11-20)18(24)15-22-12-6-5-9-17(22)23/h2-4,7-8H,5-6,9-15H2,1H3. The van der Waals surface area contributed by atoms with E-state index in [1.54, 1.807) is 9.80 Å². The minimum Gasteiger partial charge on any atom is -0.468 e. The molecule has 1 aromatic rings. The maximum atomic E-state index is 12.6. The number of likely N-dealkylation sites (tertiary alicyclic amines) is 2.